The molecule has 0 saturated heterocycles. The average Bonchev–Trinajstić information content (AvgIpc) is 3.20. The lowest BCUT2D eigenvalue weighted by Crippen LogP contribution is -2.03. The molecule has 1 aliphatic carbocycles. The maximum Gasteiger partial charge on any atom is 0.306 e. The molecule has 1 fully saturated rings. The molecule has 116 valence electrons. The average molecular weight is 292 g/mol. The maximum atomic E-state index is 10.9. The molecule has 1 N–H and O–H groups in total. The summed E-state index contributed by atoms with van der Waals surface area (Å²) in [5, 5.41) is 8.98. The molecule has 4 nitrogen and oxygen atoms in total. The smallest absolute Gasteiger partial charge is 0.306 e. The molecule has 1 aliphatic rings. The summed E-state index contributed by atoms with van der Waals surface area (Å²) in [4.78, 5) is 10.9. The number of rotatable bonds is 8. The van der Waals surface area contributed by atoms with Crippen molar-refractivity contribution in [3.05, 3.63) is 23.8 Å². The van der Waals surface area contributed by atoms with Crippen molar-refractivity contribution in [1.82, 2.24) is 0 Å². The highest BCUT2D eigenvalue weighted by Gasteiger charge is 2.43. The quantitative estimate of drug-likeness (QED) is 0.793. The number of carboxylic acids is 1. The minimum Gasteiger partial charge on any atom is -0.490 e. The Morgan fingerprint density at radius 1 is 1.29 bits per heavy atom. The number of benzene rings is 1. The van der Waals surface area contributed by atoms with Crippen molar-refractivity contribution >= 4 is 5.97 Å². The number of ether oxygens (including phenoxy) is 2. The first-order valence-electron chi connectivity index (χ1n) is 7.69. The summed E-state index contributed by atoms with van der Waals surface area (Å²) in [5.74, 6) is 1.39. The Bertz CT molecular complexity index is 498. The van der Waals surface area contributed by atoms with Crippen LogP contribution in [0.15, 0.2) is 18.2 Å². The summed E-state index contributed by atoms with van der Waals surface area (Å²) >= 11 is 0. The van der Waals surface area contributed by atoms with Crippen LogP contribution in [-0.2, 0) is 4.79 Å². The van der Waals surface area contributed by atoms with E-state index in [1.165, 1.54) is 5.56 Å². The summed E-state index contributed by atoms with van der Waals surface area (Å²) in [6, 6.07) is 6.02. The molecule has 3 atom stereocenters. The van der Waals surface area contributed by atoms with Crippen LogP contribution in [-0.4, -0.2) is 24.3 Å². The predicted molar refractivity (Wildman–Crippen MR) is 81.0 cm³/mol. The monoisotopic (exact) mass is 292 g/mol. The molecule has 0 amide bonds. The predicted octanol–water partition coefficient (Wildman–Crippen LogP) is 3.70. The summed E-state index contributed by atoms with van der Waals surface area (Å²) in [7, 11) is 0. The first-order chi connectivity index (χ1) is 10.1. The standard InChI is InChI=1S/C17H24O4/c1-4-20-15-7-6-12(10-16(15)21-5-2)11(3)8-13-9-14(13)17(18)19/h6-7,10-11,13-14H,4-5,8-9H2,1-3H3,(H,18,19). The van der Waals surface area contributed by atoms with E-state index >= 15 is 0 Å². The molecule has 1 aromatic carbocycles. The van der Waals surface area contributed by atoms with E-state index < -0.39 is 5.97 Å². The minimum atomic E-state index is -0.658. The third-order valence-corrected chi connectivity index (χ3v) is 4.03. The summed E-state index contributed by atoms with van der Waals surface area (Å²) in [6.07, 6.45) is 1.73. The van der Waals surface area contributed by atoms with Gasteiger partial charge in [-0.3, -0.25) is 4.79 Å². The number of hydrogen-bond acceptors (Lipinski definition) is 3. The van der Waals surface area contributed by atoms with Crippen molar-refractivity contribution in [2.45, 2.75) is 39.5 Å². The van der Waals surface area contributed by atoms with Crippen LogP contribution >= 0.6 is 0 Å². The van der Waals surface area contributed by atoms with E-state index in [0.717, 1.165) is 24.3 Å². The zero-order valence-electron chi connectivity index (χ0n) is 13.0. The minimum absolute atomic E-state index is 0.137. The first-order valence-corrected chi connectivity index (χ1v) is 7.69. The van der Waals surface area contributed by atoms with Gasteiger partial charge in [0.25, 0.3) is 0 Å². The van der Waals surface area contributed by atoms with Gasteiger partial charge in [-0.1, -0.05) is 13.0 Å². The molecule has 2 rings (SSSR count). The fourth-order valence-electron chi connectivity index (χ4n) is 2.77. The van der Waals surface area contributed by atoms with Crippen LogP contribution < -0.4 is 9.47 Å². The fourth-order valence-corrected chi connectivity index (χ4v) is 2.77. The van der Waals surface area contributed by atoms with E-state index in [0.29, 0.717) is 25.0 Å². The molecule has 1 saturated carbocycles. The fraction of sp³-hybridized carbons (Fsp3) is 0.588. The Kier molecular flexibility index (Phi) is 5.10. The lowest BCUT2D eigenvalue weighted by Gasteiger charge is -2.16. The van der Waals surface area contributed by atoms with Gasteiger partial charge < -0.3 is 14.6 Å². The van der Waals surface area contributed by atoms with Gasteiger partial charge in [0.2, 0.25) is 0 Å². The summed E-state index contributed by atoms with van der Waals surface area (Å²) in [5.41, 5.74) is 1.18. The zero-order valence-corrected chi connectivity index (χ0v) is 13.0. The molecule has 1 aromatic rings. The van der Waals surface area contributed by atoms with E-state index in [1.54, 1.807) is 0 Å². The van der Waals surface area contributed by atoms with Gasteiger partial charge in [0.05, 0.1) is 19.1 Å². The van der Waals surface area contributed by atoms with Crippen molar-refractivity contribution in [3.63, 3.8) is 0 Å². The highest BCUT2D eigenvalue weighted by atomic mass is 16.5. The van der Waals surface area contributed by atoms with Gasteiger partial charge in [-0.25, -0.2) is 0 Å². The van der Waals surface area contributed by atoms with Crippen molar-refractivity contribution in [1.29, 1.82) is 0 Å². The van der Waals surface area contributed by atoms with Crippen LogP contribution in [0.1, 0.15) is 45.1 Å². The molecule has 0 heterocycles. The second-order valence-corrected chi connectivity index (χ2v) is 5.65. The highest BCUT2D eigenvalue weighted by Crippen LogP contribution is 2.45. The first kappa shape index (κ1) is 15.7. The Morgan fingerprint density at radius 3 is 2.52 bits per heavy atom. The molecule has 21 heavy (non-hydrogen) atoms. The Hall–Kier alpha value is -1.71. The molecule has 3 unspecified atom stereocenters. The van der Waals surface area contributed by atoms with Crippen LogP contribution in [0.25, 0.3) is 0 Å². The Balaban J connectivity index is 2.05. The van der Waals surface area contributed by atoms with Crippen molar-refractivity contribution in [2.24, 2.45) is 11.8 Å². The van der Waals surface area contributed by atoms with Gasteiger partial charge >= 0.3 is 5.97 Å². The van der Waals surface area contributed by atoms with Crippen molar-refractivity contribution in [3.8, 4) is 11.5 Å². The molecule has 0 radical (unpaired) electrons. The lowest BCUT2D eigenvalue weighted by molar-refractivity contribution is -0.138. The lowest BCUT2D eigenvalue weighted by atomic mass is 9.94. The van der Waals surface area contributed by atoms with E-state index in [2.05, 4.69) is 13.0 Å². The Morgan fingerprint density at radius 2 is 1.95 bits per heavy atom. The summed E-state index contributed by atoms with van der Waals surface area (Å²) in [6.45, 7) is 7.25. The molecule has 0 aromatic heterocycles. The molecular weight excluding hydrogens is 268 g/mol. The maximum absolute atomic E-state index is 10.9. The molecule has 0 bridgehead atoms. The van der Waals surface area contributed by atoms with E-state index in [9.17, 15) is 4.79 Å². The molecule has 4 heteroatoms. The third kappa shape index (κ3) is 3.90. The largest absolute Gasteiger partial charge is 0.490 e. The Labute approximate surface area is 126 Å². The van der Waals surface area contributed by atoms with Gasteiger partial charge in [-0.15, -0.1) is 0 Å². The second-order valence-electron chi connectivity index (χ2n) is 5.65. The SMILES string of the molecule is CCOc1ccc(C(C)CC2CC2C(=O)O)cc1OCC. The molecule has 0 aliphatic heterocycles. The normalized spacial score (nSPS) is 21.7. The number of hydrogen-bond donors (Lipinski definition) is 1. The van der Waals surface area contributed by atoms with Crippen molar-refractivity contribution in [2.75, 3.05) is 13.2 Å². The summed E-state index contributed by atoms with van der Waals surface area (Å²) < 4.78 is 11.2. The molecule has 0 spiro atoms. The van der Waals surface area contributed by atoms with Gasteiger partial charge in [-0.2, -0.15) is 0 Å². The van der Waals surface area contributed by atoms with Gasteiger partial charge in [0.1, 0.15) is 0 Å². The second kappa shape index (κ2) is 6.83. The molecular formula is C17H24O4. The van der Waals surface area contributed by atoms with Crippen LogP contribution in [0.2, 0.25) is 0 Å². The zero-order chi connectivity index (χ0) is 15.4. The van der Waals surface area contributed by atoms with Crippen LogP contribution in [0.5, 0.6) is 11.5 Å². The van der Waals surface area contributed by atoms with E-state index in [-0.39, 0.29) is 5.92 Å². The number of aliphatic carboxylic acids is 1. The van der Waals surface area contributed by atoms with E-state index in [1.807, 2.05) is 26.0 Å². The third-order valence-electron chi connectivity index (χ3n) is 4.03. The highest BCUT2D eigenvalue weighted by molar-refractivity contribution is 5.73. The number of carbonyl (C=O) groups is 1. The van der Waals surface area contributed by atoms with Crippen LogP contribution in [0, 0.1) is 11.8 Å². The van der Waals surface area contributed by atoms with Crippen LogP contribution in [0.3, 0.4) is 0 Å². The van der Waals surface area contributed by atoms with Crippen molar-refractivity contribution < 1.29 is 19.4 Å². The van der Waals surface area contributed by atoms with E-state index in [4.69, 9.17) is 14.6 Å². The van der Waals surface area contributed by atoms with Gasteiger partial charge in [-0.05, 0) is 56.2 Å². The topological polar surface area (TPSA) is 55.8 Å². The van der Waals surface area contributed by atoms with Crippen LogP contribution in [0.4, 0.5) is 0 Å². The van der Waals surface area contributed by atoms with Gasteiger partial charge in [0, 0.05) is 0 Å². The van der Waals surface area contributed by atoms with Gasteiger partial charge in [0.15, 0.2) is 11.5 Å². The number of carboxylic acid groups (broad SMARTS) is 1.